The van der Waals surface area contributed by atoms with Crippen LogP contribution in [0, 0.1) is 6.92 Å². The van der Waals surface area contributed by atoms with Gasteiger partial charge in [-0.1, -0.05) is 41.4 Å². The first-order valence-corrected chi connectivity index (χ1v) is 10.1. The van der Waals surface area contributed by atoms with Crippen LogP contribution in [0.3, 0.4) is 0 Å². The van der Waals surface area contributed by atoms with Crippen molar-refractivity contribution in [1.82, 2.24) is 14.3 Å². The maximum Gasteiger partial charge on any atom is 0.265 e. The lowest BCUT2D eigenvalue weighted by atomic mass is 10.1. The van der Waals surface area contributed by atoms with Crippen LogP contribution in [-0.2, 0) is 16.6 Å². The topological polar surface area (TPSA) is 81.1 Å². The van der Waals surface area contributed by atoms with Crippen LogP contribution >= 0.6 is 23.2 Å². The van der Waals surface area contributed by atoms with E-state index in [4.69, 9.17) is 23.2 Å². The molecule has 0 saturated heterocycles. The van der Waals surface area contributed by atoms with Gasteiger partial charge in [0.1, 0.15) is 5.82 Å². The number of nitrogens with one attached hydrogen (secondary N) is 1. The largest absolute Gasteiger partial charge is 0.331 e. The first-order chi connectivity index (χ1) is 12.8. The van der Waals surface area contributed by atoms with Gasteiger partial charge in [-0.05, 0) is 31.2 Å². The monoisotopic (exact) mass is 423 g/mol. The number of carbonyl (C=O) groups is 1. The minimum Gasteiger partial charge on any atom is -0.331 e. The average molecular weight is 424 g/mol. The van der Waals surface area contributed by atoms with E-state index in [1.54, 1.807) is 35.2 Å². The van der Waals surface area contributed by atoms with Gasteiger partial charge in [0.15, 0.2) is 0 Å². The predicted molar refractivity (Wildman–Crippen MR) is 104 cm³/mol. The van der Waals surface area contributed by atoms with Crippen LogP contribution in [0.1, 0.15) is 21.7 Å². The molecule has 2 aromatic carbocycles. The summed E-state index contributed by atoms with van der Waals surface area (Å²) in [7, 11) is -4.03. The Morgan fingerprint density at radius 3 is 2.52 bits per heavy atom. The molecule has 0 aliphatic heterocycles. The van der Waals surface area contributed by atoms with Gasteiger partial charge in [-0.15, -0.1) is 0 Å². The van der Waals surface area contributed by atoms with Crippen LogP contribution in [0.15, 0.2) is 59.8 Å². The van der Waals surface area contributed by atoms with Gasteiger partial charge in [-0.3, -0.25) is 4.79 Å². The SMILES string of the molecule is Cc1nccn1Cc1c(Cl)cc(Cl)cc1C(=O)NS(=O)(=O)c1ccccc1. The second kappa shape index (κ2) is 7.72. The fourth-order valence-corrected chi connectivity index (χ4v) is 4.08. The van der Waals surface area contributed by atoms with Crippen molar-refractivity contribution in [2.75, 3.05) is 0 Å². The summed E-state index contributed by atoms with van der Waals surface area (Å²) in [6.07, 6.45) is 3.36. The smallest absolute Gasteiger partial charge is 0.265 e. The molecule has 0 fully saturated rings. The molecule has 0 aliphatic rings. The number of aryl methyl sites for hydroxylation is 1. The fourth-order valence-electron chi connectivity index (χ4n) is 2.54. The molecule has 0 saturated carbocycles. The lowest BCUT2D eigenvalue weighted by molar-refractivity contribution is 0.0980. The molecule has 1 amide bonds. The normalized spacial score (nSPS) is 11.4. The van der Waals surface area contributed by atoms with E-state index >= 15 is 0 Å². The Morgan fingerprint density at radius 1 is 1.19 bits per heavy atom. The van der Waals surface area contributed by atoms with E-state index in [1.165, 1.54) is 24.3 Å². The van der Waals surface area contributed by atoms with Crippen molar-refractivity contribution in [3.63, 3.8) is 0 Å². The number of hydrogen-bond acceptors (Lipinski definition) is 4. The summed E-state index contributed by atoms with van der Waals surface area (Å²) in [5.74, 6) is -0.0831. The molecule has 0 spiro atoms. The third kappa shape index (κ3) is 4.32. The minimum absolute atomic E-state index is 0.0153. The molecule has 27 heavy (non-hydrogen) atoms. The molecule has 1 aromatic heterocycles. The Bertz CT molecular complexity index is 1100. The van der Waals surface area contributed by atoms with E-state index in [-0.39, 0.29) is 27.0 Å². The average Bonchev–Trinajstić information content (AvgIpc) is 3.02. The van der Waals surface area contributed by atoms with Gasteiger partial charge in [-0.25, -0.2) is 18.1 Å². The highest BCUT2D eigenvalue weighted by atomic mass is 35.5. The van der Waals surface area contributed by atoms with Crippen LogP contribution in [0.25, 0.3) is 0 Å². The highest BCUT2D eigenvalue weighted by Crippen LogP contribution is 2.27. The third-order valence-electron chi connectivity index (χ3n) is 3.94. The zero-order chi connectivity index (χ0) is 19.6. The standard InChI is InChI=1S/C18H15Cl2N3O3S/c1-12-21-7-8-23(12)11-16-15(9-13(19)10-17(16)20)18(24)22-27(25,26)14-5-3-2-4-6-14/h2-10H,11H2,1H3,(H,22,24). The van der Waals surface area contributed by atoms with Crippen molar-refractivity contribution in [3.05, 3.63) is 81.9 Å². The summed E-state index contributed by atoms with van der Waals surface area (Å²) in [6, 6.07) is 10.5. The van der Waals surface area contributed by atoms with Crippen LogP contribution in [0.2, 0.25) is 10.0 Å². The Morgan fingerprint density at radius 2 is 1.89 bits per heavy atom. The zero-order valence-electron chi connectivity index (χ0n) is 14.2. The summed E-state index contributed by atoms with van der Waals surface area (Å²) >= 11 is 12.3. The molecule has 6 nitrogen and oxygen atoms in total. The first-order valence-electron chi connectivity index (χ1n) is 7.86. The molecule has 0 aliphatic carbocycles. The van der Waals surface area contributed by atoms with Gasteiger partial charge in [0, 0.05) is 33.6 Å². The van der Waals surface area contributed by atoms with Crippen molar-refractivity contribution in [1.29, 1.82) is 0 Å². The van der Waals surface area contributed by atoms with Gasteiger partial charge < -0.3 is 4.57 Å². The summed E-state index contributed by atoms with van der Waals surface area (Å²) in [4.78, 5) is 16.9. The maximum atomic E-state index is 12.7. The van der Waals surface area contributed by atoms with E-state index in [1.807, 2.05) is 6.92 Å². The quantitative estimate of drug-likeness (QED) is 0.678. The van der Waals surface area contributed by atoms with Crippen LogP contribution in [0.4, 0.5) is 0 Å². The Kier molecular flexibility index (Phi) is 5.55. The second-order valence-corrected chi connectivity index (χ2v) is 8.29. The molecule has 140 valence electrons. The molecule has 0 unspecified atom stereocenters. The van der Waals surface area contributed by atoms with E-state index in [9.17, 15) is 13.2 Å². The molecule has 1 heterocycles. The summed E-state index contributed by atoms with van der Waals surface area (Å²) in [5, 5.41) is 0.492. The molecule has 0 bridgehead atoms. The van der Waals surface area contributed by atoms with Crippen molar-refractivity contribution in [2.24, 2.45) is 0 Å². The summed E-state index contributed by atoms with van der Waals surface area (Å²) in [6.45, 7) is 2.05. The number of benzene rings is 2. The second-order valence-electron chi connectivity index (χ2n) is 5.76. The number of hydrogen-bond donors (Lipinski definition) is 1. The highest BCUT2D eigenvalue weighted by Gasteiger charge is 2.22. The molecule has 9 heteroatoms. The number of halogens is 2. The predicted octanol–water partition coefficient (Wildman–Crippen LogP) is 3.67. The fraction of sp³-hybridized carbons (Fsp3) is 0.111. The van der Waals surface area contributed by atoms with Crippen LogP contribution in [0.5, 0.6) is 0 Å². The van der Waals surface area contributed by atoms with Gasteiger partial charge in [0.05, 0.1) is 11.4 Å². The molecule has 0 radical (unpaired) electrons. The van der Waals surface area contributed by atoms with Crippen LogP contribution in [-0.4, -0.2) is 23.9 Å². The van der Waals surface area contributed by atoms with Gasteiger partial charge >= 0.3 is 0 Å². The minimum atomic E-state index is -4.03. The molecule has 3 rings (SSSR count). The molecular weight excluding hydrogens is 409 g/mol. The maximum absolute atomic E-state index is 12.7. The van der Waals surface area contributed by atoms with E-state index in [0.29, 0.717) is 5.56 Å². The lowest BCUT2D eigenvalue weighted by Crippen LogP contribution is -2.31. The summed E-state index contributed by atoms with van der Waals surface area (Å²) in [5.41, 5.74) is 0.531. The number of sulfonamides is 1. The molecular formula is C18H15Cl2N3O3S. The number of rotatable bonds is 5. The van der Waals surface area contributed by atoms with Crippen molar-refractivity contribution in [2.45, 2.75) is 18.4 Å². The summed E-state index contributed by atoms with van der Waals surface area (Å²) < 4.78 is 28.8. The highest BCUT2D eigenvalue weighted by molar-refractivity contribution is 7.90. The number of nitrogens with zero attached hydrogens (tertiary/aromatic N) is 2. The Labute approximate surface area is 166 Å². The molecule has 1 N–H and O–H groups in total. The zero-order valence-corrected chi connectivity index (χ0v) is 16.5. The number of imidazole rings is 1. The van der Waals surface area contributed by atoms with Crippen molar-refractivity contribution >= 4 is 39.1 Å². The molecule has 0 atom stereocenters. The van der Waals surface area contributed by atoms with Gasteiger partial charge in [0.2, 0.25) is 0 Å². The van der Waals surface area contributed by atoms with Crippen molar-refractivity contribution in [3.8, 4) is 0 Å². The first kappa shape index (κ1) is 19.4. The van der Waals surface area contributed by atoms with E-state index < -0.39 is 15.9 Å². The van der Waals surface area contributed by atoms with Gasteiger partial charge in [0.25, 0.3) is 15.9 Å². The number of amides is 1. The lowest BCUT2D eigenvalue weighted by Gasteiger charge is -2.14. The number of carbonyl (C=O) groups excluding carboxylic acids is 1. The van der Waals surface area contributed by atoms with E-state index in [2.05, 4.69) is 9.71 Å². The Hall–Kier alpha value is -2.35. The third-order valence-corrected chi connectivity index (χ3v) is 5.84. The van der Waals surface area contributed by atoms with Crippen molar-refractivity contribution < 1.29 is 13.2 Å². The van der Waals surface area contributed by atoms with Crippen LogP contribution < -0.4 is 4.72 Å². The van der Waals surface area contributed by atoms with Gasteiger partial charge in [-0.2, -0.15) is 0 Å². The van der Waals surface area contributed by atoms with E-state index in [0.717, 1.165) is 5.82 Å². The molecule has 3 aromatic rings. The number of aromatic nitrogens is 2. The Balaban J connectivity index is 1.98.